The number of carbonyl (C=O) groups is 4. The van der Waals surface area contributed by atoms with Crippen molar-refractivity contribution in [3.05, 3.63) is 83.9 Å². The Bertz CT molecular complexity index is 1320. The maximum absolute atomic E-state index is 12.9. The van der Waals surface area contributed by atoms with Gasteiger partial charge in [0, 0.05) is 11.8 Å². The van der Waals surface area contributed by atoms with Crippen molar-refractivity contribution in [3.8, 4) is 11.5 Å². The molecular formula is C27H23N3O6. The zero-order chi connectivity index (χ0) is 25.2. The number of nitrogens with one attached hydrogen (secondary N) is 1. The summed E-state index contributed by atoms with van der Waals surface area (Å²) in [5.74, 6) is -0.582. The van der Waals surface area contributed by atoms with Gasteiger partial charge < -0.3 is 19.7 Å². The van der Waals surface area contributed by atoms with Crippen LogP contribution in [0.25, 0.3) is 0 Å². The summed E-state index contributed by atoms with van der Waals surface area (Å²) in [4.78, 5) is 53.3. The molecule has 0 saturated heterocycles. The molecule has 0 fully saturated rings. The van der Waals surface area contributed by atoms with Gasteiger partial charge >= 0.3 is 0 Å². The number of imide groups is 1. The number of amides is 4. The first kappa shape index (κ1) is 23.1. The van der Waals surface area contributed by atoms with E-state index in [9.17, 15) is 19.2 Å². The highest BCUT2D eigenvalue weighted by Gasteiger charge is 2.40. The Kier molecular flexibility index (Phi) is 6.12. The number of benzene rings is 3. The van der Waals surface area contributed by atoms with Crippen molar-refractivity contribution in [3.63, 3.8) is 0 Å². The smallest absolute Gasteiger partial charge is 0.265 e. The number of anilines is 2. The molecule has 0 bridgehead atoms. The first-order valence-corrected chi connectivity index (χ1v) is 11.5. The Morgan fingerprint density at radius 3 is 2.33 bits per heavy atom. The third-order valence-corrected chi connectivity index (χ3v) is 6.09. The highest BCUT2D eigenvalue weighted by atomic mass is 16.5. The second kappa shape index (κ2) is 9.53. The number of rotatable bonds is 7. The SMILES string of the molecule is CC(C(=O)Nc1ccc2c(c1)OCC(=O)N2CCOc1ccccc1)N1C(=O)c2ccccc2C1=O. The van der Waals surface area contributed by atoms with Crippen LogP contribution in [-0.2, 0) is 9.59 Å². The van der Waals surface area contributed by atoms with Gasteiger partial charge in [0.15, 0.2) is 6.61 Å². The Morgan fingerprint density at radius 1 is 0.972 bits per heavy atom. The molecule has 36 heavy (non-hydrogen) atoms. The van der Waals surface area contributed by atoms with Crippen LogP contribution in [0.15, 0.2) is 72.8 Å². The first-order chi connectivity index (χ1) is 17.4. The van der Waals surface area contributed by atoms with Crippen molar-refractivity contribution >= 4 is 35.0 Å². The fourth-order valence-electron chi connectivity index (χ4n) is 4.22. The van der Waals surface area contributed by atoms with E-state index in [1.54, 1.807) is 47.4 Å². The largest absolute Gasteiger partial charge is 0.492 e. The predicted octanol–water partition coefficient (Wildman–Crippen LogP) is 3.11. The van der Waals surface area contributed by atoms with Gasteiger partial charge in [-0.25, -0.2) is 0 Å². The van der Waals surface area contributed by atoms with Crippen molar-refractivity contribution in [1.29, 1.82) is 0 Å². The lowest BCUT2D eigenvalue weighted by Crippen LogP contribution is -2.45. The number of ether oxygens (including phenoxy) is 2. The molecule has 182 valence electrons. The molecule has 1 atom stereocenters. The van der Waals surface area contributed by atoms with E-state index in [0.29, 0.717) is 36.0 Å². The minimum atomic E-state index is -1.03. The summed E-state index contributed by atoms with van der Waals surface area (Å²) >= 11 is 0. The molecule has 2 heterocycles. The number of carbonyl (C=O) groups excluding carboxylic acids is 4. The molecule has 3 aromatic rings. The molecule has 1 unspecified atom stereocenters. The number of para-hydroxylation sites is 1. The van der Waals surface area contributed by atoms with Gasteiger partial charge in [-0.1, -0.05) is 30.3 Å². The molecule has 2 aliphatic heterocycles. The fourth-order valence-corrected chi connectivity index (χ4v) is 4.22. The second-order valence-electron chi connectivity index (χ2n) is 8.37. The molecule has 9 nitrogen and oxygen atoms in total. The van der Waals surface area contributed by atoms with Crippen molar-refractivity contribution in [1.82, 2.24) is 4.90 Å². The highest BCUT2D eigenvalue weighted by Crippen LogP contribution is 2.35. The molecule has 0 radical (unpaired) electrons. The quantitative estimate of drug-likeness (QED) is 0.516. The maximum atomic E-state index is 12.9. The third kappa shape index (κ3) is 4.26. The van der Waals surface area contributed by atoms with Gasteiger partial charge in [0.1, 0.15) is 24.1 Å². The van der Waals surface area contributed by atoms with Crippen LogP contribution >= 0.6 is 0 Å². The molecule has 1 N–H and O–H groups in total. The van der Waals surface area contributed by atoms with Gasteiger partial charge in [0.05, 0.1) is 23.4 Å². The Hall–Kier alpha value is -4.66. The van der Waals surface area contributed by atoms with Crippen LogP contribution < -0.4 is 19.7 Å². The fraction of sp³-hybridized carbons (Fsp3) is 0.185. The summed E-state index contributed by atoms with van der Waals surface area (Å²) in [5, 5.41) is 2.73. The normalized spacial score (nSPS) is 15.2. The molecular weight excluding hydrogens is 462 g/mol. The predicted molar refractivity (Wildman–Crippen MR) is 131 cm³/mol. The van der Waals surface area contributed by atoms with Crippen LogP contribution in [-0.4, -0.2) is 54.3 Å². The van der Waals surface area contributed by atoms with E-state index >= 15 is 0 Å². The first-order valence-electron chi connectivity index (χ1n) is 11.5. The van der Waals surface area contributed by atoms with E-state index in [4.69, 9.17) is 9.47 Å². The van der Waals surface area contributed by atoms with E-state index in [-0.39, 0.29) is 23.6 Å². The number of hydrogen-bond acceptors (Lipinski definition) is 6. The standard InChI is InChI=1S/C27H23N3O6/c1-17(30-26(33)20-9-5-6-10-21(20)27(30)34)25(32)28-18-11-12-22-23(15-18)36-16-24(31)29(22)13-14-35-19-7-3-2-4-8-19/h2-12,15,17H,13-14,16H2,1H3,(H,28,32). The Labute approximate surface area is 207 Å². The van der Waals surface area contributed by atoms with Crippen LogP contribution in [0.3, 0.4) is 0 Å². The summed E-state index contributed by atoms with van der Waals surface area (Å²) in [6.07, 6.45) is 0. The summed E-state index contributed by atoms with van der Waals surface area (Å²) in [6, 6.07) is 19.7. The van der Waals surface area contributed by atoms with Gasteiger partial charge in [-0.2, -0.15) is 0 Å². The summed E-state index contributed by atoms with van der Waals surface area (Å²) < 4.78 is 11.3. The zero-order valence-electron chi connectivity index (χ0n) is 19.5. The number of nitrogens with zero attached hydrogens (tertiary/aromatic N) is 2. The monoisotopic (exact) mass is 485 g/mol. The summed E-state index contributed by atoms with van der Waals surface area (Å²) in [7, 11) is 0. The van der Waals surface area contributed by atoms with Crippen LogP contribution in [0.4, 0.5) is 11.4 Å². The molecule has 0 aromatic heterocycles. The third-order valence-electron chi connectivity index (χ3n) is 6.09. The van der Waals surface area contributed by atoms with Gasteiger partial charge in [0.2, 0.25) is 5.91 Å². The van der Waals surface area contributed by atoms with Crippen LogP contribution in [0.1, 0.15) is 27.6 Å². The van der Waals surface area contributed by atoms with Gasteiger partial charge in [0.25, 0.3) is 17.7 Å². The van der Waals surface area contributed by atoms with Crippen molar-refractivity contribution < 1.29 is 28.7 Å². The molecule has 2 aliphatic rings. The van der Waals surface area contributed by atoms with E-state index in [1.807, 2.05) is 30.3 Å². The maximum Gasteiger partial charge on any atom is 0.265 e. The van der Waals surface area contributed by atoms with E-state index in [0.717, 1.165) is 4.90 Å². The van der Waals surface area contributed by atoms with Gasteiger partial charge in [-0.15, -0.1) is 0 Å². The van der Waals surface area contributed by atoms with Crippen LogP contribution in [0, 0.1) is 0 Å². The average molecular weight is 485 g/mol. The number of fused-ring (bicyclic) bond motifs is 2. The summed E-state index contributed by atoms with van der Waals surface area (Å²) in [6.45, 7) is 1.98. The van der Waals surface area contributed by atoms with Gasteiger partial charge in [-0.05, 0) is 43.3 Å². The second-order valence-corrected chi connectivity index (χ2v) is 8.37. The minimum absolute atomic E-state index is 0.138. The van der Waals surface area contributed by atoms with Crippen LogP contribution in [0.5, 0.6) is 11.5 Å². The molecule has 5 rings (SSSR count). The topological polar surface area (TPSA) is 105 Å². The Morgan fingerprint density at radius 2 is 1.64 bits per heavy atom. The van der Waals surface area contributed by atoms with E-state index in [2.05, 4.69) is 5.32 Å². The molecule has 0 saturated carbocycles. The van der Waals surface area contributed by atoms with E-state index < -0.39 is 23.8 Å². The lowest BCUT2D eigenvalue weighted by molar-refractivity contribution is -0.121. The summed E-state index contributed by atoms with van der Waals surface area (Å²) in [5.41, 5.74) is 1.54. The number of hydrogen-bond donors (Lipinski definition) is 1. The van der Waals surface area contributed by atoms with Crippen molar-refractivity contribution in [2.45, 2.75) is 13.0 Å². The lowest BCUT2D eigenvalue weighted by Gasteiger charge is -2.30. The molecule has 0 aliphatic carbocycles. The Balaban J connectivity index is 1.26. The minimum Gasteiger partial charge on any atom is -0.492 e. The van der Waals surface area contributed by atoms with Crippen LogP contribution in [0.2, 0.25) is 0 Å². The molecule has 3 aromatic carbocycles. The molecule has 4 amide bonds. The molecule has 0 spiro atoms. The lowest BCUT2D eigenvalue weighted by atomic mass is 10.1. The van der Waals surface area contributed by atoms with E-state index in [1.165, 1.54) is 6.92 Å². The van der Waals surface area contributed by atoms with Crippen molar-refractivity contribution in [2.75, 3.05) is 30.0 Å². The zero-order valence-corrected chi connectivity index (χ0v) is 19.5. The average Bonchev–Trinajstić information content (AvgIpc) is 3.15. The van der Waals surface area contributed by atoms with Crippen molar-refractivity contribution in [2.24, 2.45) is 0 Å². The highest BCUT2D eigenvalue weighted by molar-refractivity contribution is 6.23. The van der Waals surface area contributed by atoms with Gasteiger partial charge in [-0.3, -0.25) is 24.1 Å². The molecule has 9 heteroatoms.